The van der Waals surface area contributed by atoms with Gasteiger partial charge in [-0.2, -0.15) is 0 Å². The van der Waals surface area contributed by atoms with Crippen LogP contribution in [0.3, 0.4) is 0 Å². The molecule has 0 fully saturated rings. The Labute approximate surface area is 85.1 Å². The van der Waals surface area contributed by atoms with E-state index in [1.54, 1.807) is 13.0 Å². The van der Waals surface area contributed by atoms with Crippen molar-refractivity contribution in [2.24, 2.45) is 0 Å². The Bertz CT molecular complexity index is 310. The molecule has 1 aromatic rings. The van der Waals surface area contributed by atoms with Crippen LogP contribution in [-0.4, -0.2) is 17.3 Å². The molecule has 72 valence electrons. The van der Waals surface area contributed by atoms with Gasteiger partial charge in [0.2, 0.25) is 0 Å². The third-order valence-electron chi connectivity index (χ3n) is 1.75. The quantitative estimate of drug-likeness (QED) is 0.842. The van der Waals surface area contributed by atoms with E-state index >= 15 is 0 Å². The number of phenols is 1. The van der Waals surface area contributed by atoms with E-state index in [4.69, 9.17) is 4.74 Å². The number of aromatic hydroxyl groups is 1. The first kappa shape index (κ1) is 10.3. The van der Waals surface area contributed by atoms with E-state index in [9.17, 15) is 10.2 Å². The molecule has 1 atom stereocenters. The van der Waals surface area contributed by atoms with Gasteiger partial charge in [0.1, 0.15) is 11.5 Å². The molecule has 0 heterocycles. The molecule has 0 radical (unpaired) electrons. The van der Waals surface area contributed by atoms with Crippen molar-refractivity contribution >= 4 is 15.9 Å². The van der Waals surface area contributed by atoms with Crippen LogP contribution in [0, 0.1) is 0 Å². The number of aliphatic hydroxyl groups excluding tert-OH is 1. The number of halogens is 1. The number of hydrogen-bond donors (Lipinski definition) is 2. The fourth-order valence-corrected chi connectivity index (χ4v) is 1.54. The summed E-state index contributed by atoms with van der Waals surface area (Å²) in [4.78, 5) is 0. The molecule has 13 heavy (non-hydrogen) atoms. The fraction of sp³-hybridized carbons (Fsp3) is 0.333. The van der Waals surface area contributed by atoms with Crippen LogP contribution in [0.2, 0.25) is 0 Å². The lowest BCUT2D eigenvalue weighted by Crippen LogP contribution is -1.94. The predicted molar refractivity (Wildman–Crippen MR) is 53.0 cm³/mol. The number of methoxy groups -OCH3 is 1. The fourth-order valence-electron chi connectivity index (χ4n) is 1.05. The van der Waals surface area contributed by atoms with E-state index in [0.717, 1.165) is 0 Å². The number of hydrogen-bond acceptors (Lipinski definition) is 3. The number of phenolic OH excluding ortho intramolecular Hbond substituents is 1. The number of benzene rings is 1. The molecule has 0 saturated heterocycles. The highest BCUT2D eigenvalue weighted by Crippen LogP contribution is 2.34. The van der Waals surface area contributed by atoms with Crippen LogP contribution >= 0.6 is 15.9 Å². The normalized spacial score (nSPS) is 12.6. The summed E-state index contributed by atoms with van der Waals surface area (Å²) in [6.45, 7) is 1.59. The molecule has 0 bridgehead atoms. The largest absolute Gasteiger partial charge is 0.508 e. The van der Waals surface area contributed by atoms with Gasteiger partial charge in [0.25, 0.3) is 0 Å². The lowest BCUT2D eigenvalue weighted by Gasteiger charge is -2.10. The average Bonchev–Trinajstić information content (AvgIpc) is 2.03. The van der Waals surface area contributed by atoms with Gasteiger partial charge in [-0.05, 0) is 35.0 Å². The van der Waals surface area contributed by atoms with E-state index < -0.39 is 6.10 Å². The van der Waals surface area contributed by atoms with Crippen LogP contribution in [0.1, 0.15) is 18.6 Å². The van der Waals surface area contributed by atoms with Crippen molar-refractivity contribution in [3.8, 4) is 11.5 Å². The van der Waals surface area contributed by atoms with Gasteiger partial charge in [0.15, 0.2) is 0 Å². The first-order valence-electron chi connectivity index (χ1n) is 3.80. The summed E-state index contributed by atoms with van der Waals surface area (Å²) in [5, 5.41) is 18.7. The molecule has 1 unspecified atom stereocenters. The second-order valence-corrected chi connectivity index (χ2v) is 3.58. The van der Waals surface area contributed by atoms with Crippen molar-refractivity contribution in [2.45, 2.75) is 13.0 Å². The second-order valence-electron chi connectivity index (χ2n) is 2.72. The Kier molecular flexibility index (Phi) is 3.17. The van der Waals surface area contributed by atoms with Gasteiger partial charge in [0, 0.05) is 5.56 Å². The average molecular weight is 247 g/mol. The van der Waals surface area contributed by atoms with E-state index in [-0.39, 0.29) is 5.75 Å². The SMILES string of the molecule is COc1cc(C(C)O)c(O)cc1Br. The van der Waals surface area contributed by atoms with Crippen molar-refractivity contribution in [2.75, 3.05) is 7.11 Å². The van der Waals surface area contributed by atoms with Crippen LogP contribution in [-0.2, 0) is 0 Å². The van der Waals surface area contributed by atoms with E-state index in [2.05, 4.69) is 15.9 Å². The maximum Gasteiger partial charge on any atom is 0.133 e. The van der Waals surface area contributed by atoms with Gasteiger partial charge in [-0.1, -0.05) is 0 Å². The Morgan fingerprint density at radius 3 is 2.54 bits per heavy atom. The second kappa shape index (κ2) is 3.98. The molecule has 1 rings (SSSR count). The van der Waals surface area contributed by atoms with Gasteiger partial charge in [0.05, 0.1) is 17.7 Å². The van der Waals surface area contributed by atoms with E-state index in [1.165, 1.54) is 13.2 Å². The van der Waals surface area contributed by atoms with Crippen molar-refractivity contribution < 1.29 is 14.9 Å². The molecule has 0 saturated carbocycles. The smallest absolute Gasteiger partial charge is 0.133 e. The van der Waals surface area contributed by atoms with Gasteiger partial charge < -0.3 is 14.9 Å². The highest BCUT2D eigenvalue weighted by Gasteiger charge is 2.11. The van der Waals surface area contributed by atoms with Gasteiger partial charge in [-0.15, -0.1) is 0 Å². The standard InChI is InChI=1S/C9H11BrO3/c1-5(11)6-3-9(13-2)7(10)4-8(6)12/h3-5,11-12H,1-2H3. The first-order chi connectivity index (χ1) is 6.06. The number of rotatable bonds is 2. The Hall–Kier alpha value is -0.740. The molecular weight excluding hydrogens is 236 g/mol. The Balaban J connectivity index is 3.22. The van der Waals surface area contributed by atoms with Crippen LogP contribution < -0.4 is 4.74 Å². The number of aliphatic hydroxyl groups is 1. The predicted octanol–water partition coefficient (Wildman–Crippen LogP) is 2.22. The Morgan fingerprint density at radius 2 is 2.08 bits per heavy atom. The summed E-state index contributed by atoms with van der Waals surface area (Å²) in [5.74, 6) is 0.649. The van der Waals surface area contributed by atoms with Crippen LogP contribution in [0.15, 0.2) is 16.6 Å². The number of ether oxygens (including phenoxy) is 1. The summed E-state index contributed by atoms with van der Waals surface area (Å²) in [6.07, 6.45) is -0.706. The molecular formula is C9H11BrO3. The third-order valence-corrected chi connectivity index (χ3v) is 2.37. The third kappa shape index (κ3) is 2.14. The topological polar surface area (TPSA) is 49.7 Å². The minimum atomic E-state index is -0.706. The molecule has 4 heteroatoms. The summed E-state index contributed by atoms with van der Waals surface area (Å²) in [7, 11) is 1.53. The molecule has 0 spiro atoms. The molecule has 0 aromatic heterocycles. The Morgan fingerprint density at radius 1 is 1.46 bits per heavy atom. The van der Waals surface area contributed by atoms with Gasteiger partial charge in [-0.25, -0.2) is 0 Å². The molecule has 0 amide bonds. The zero-order chi connectivity index (χ0) is 10.0. The highest BCUT2D eigenvalue weighted by molar-refractivity contribution is 9.10. The van der Waals surface area contributed by atoms with E-state index in [0.29, 0.717) is 15.8 Å². The maximum absolute atomic E-state index is 9.44. The minimum Gasteiger partial charge on any atom is -0.508 e. The highest BCUT2D eigenvalue weighted by atomic mass is 79.9. The van der Waals surface area contributed by atoms with E-state index in [1.807, 2.05) is 0 Å². The van der Waals surface area contributed by atoms with Crippen LogP contribution in [0.4, 0.5) is 0 Å². The summed E-state index contributed by atoms with van der Waals surface area (Å²) in [6, 6.07) is 3.10. The zero-order valence-electron chi connectivity index (χ0n) is 7.41. The van der Waals surface area contributed by atoms with Gasteiger partial charge >= 0.3 is 0 Å². The molecule has 3 nitrogen and oxygen atoms in total. The van der Waals surface area contributed by atoms with Crippen LogP contribution in [0.25, 0.3) is 0 Å². The lowest BCUT2D eigenvalue weighted by molar-refractivity contribution is 0.194. The monoisotopic (exact) mass is 246 g/mol. The molecule has 0 aliphatic carbocycles. The summed E-state index contributed by atoms with van der Waals surface area (Å²) in [5.41, 5.74) is 0.458. The van der Waals surface area contributed by atoms with Crippen molar-refractivity contribution in [3.05, 3.63) is 22.2 Å². The minimum absolute atomic E-state index is 0.0580. The summed E-state index contributed by atoms with van der Waals surface area (Å²) >= 11 is 3.22. The molecule has 1 aromatic carbocycles. The van der Waals surface area contributed by atoms with Gasteiger partial charge in [-0.3, -0.25) is 0 Å². The van der Waals surface area contributed by atoms with Crippen molar-refractivity contribution in [3.63, 3.8) is 0 Å². The summed E-state index contributed by atoms with van der Waals surface area (Å²) < 4.78 is 5.69. The lowest BCUT2D eigenvalue weighted by atomic mass is 10.1. The maximum atomic E-state index is 9.44. The zero-order valence-corrected chi connectivity index (χ0v) is 9.00. The van der Waals surface area contributed by atoms with Crippen molar-refractivity contribution in [1.29, 1.82) is 0 Å². The molecule has 2 N–H and O–H groups in total. The molecule has 0 aliphatic heterocycles. The van der Waals surface area contributed by atoms with Crippen LogP contribution in [0.5, 0.6) is 11.5 Å². The first-order valence-corrected chi connectivity index (χ1v) is 4.60. The molecule has 0 aliphatic rings. The van der Waals surface area contributed by atoms with Crippen molar-refractivity contribution in [1.82, 2.24) is 0 Å².